The van der Waals surface area contributed by atoms with E-state index in [1.165, 1.54) is 6.07 Å². The predicted molar refractivity (Wildman–Crippen MR) is 62.0 cm³/mol. The van der Waals surface area contributed by atoms with Gasteiger partial charge in [-0.2, -0.15) is 0 Å². The summed E-state index contributed by atoms with van der Waals surface area (Å²) in [6.45, 7) is 5.59. The molecule has 90 valence electrons. The van der Waals surface area contributed by atoms with Gasteiger partial charge in [0.25, 0.3) is 0 Å². The van der Waals surface area contributed by atoms with Crippen LogP contribution in [0.4, 0.5) is 4.39 Å². The van der Waals surface area contributed by atoms with Crippen LogP contribution in [-0.2, 0) is 0 Å². The summed E-state index contributed by atoms with van der Waals surface area (Å²) in [7, 11) is 0. The fourth-order valence-corrected chi connectivity index (χ4v) is 1.55. The molecule has 0 aromatic heterocycles. The summed E-state index contributed by atoms with van der Waals surface area (Å²) < 4.78 is 19.0. The van der Waals surface area contributed by atoms with Gasteiger partial charge in [-0.25, -0.2) is 4.39 Å². The lowest BCUT2D eigenvalue weighted by Gasteiger charge is -2.15. The van der Waals surface area contributed by atoms with Gasteiger partial charge in [0.15, 0.2) is 11.6 Å². The first-order valence-corrected chi connectivity index (χ1v) is 5.68. The van der Waals surface area contributed by atoms with E-state index >= 15 is 0 Å². The molecule has 2 unspecified atom stereocenters. The Morgan fingerprint density at radius 3 is 2.56 bits per heavy atom. The first kappa shape index (κ1) is 13.0. The highest BCUT2D eigenvalue weighted by molar-refractivity contribution is 5.30. The first-order valence-electron chi connectivity index (χ1n) is 5.68. The lowest BCUT2D eigenvalue weighted by molar-refractivity contribution is 0.193. The molecule has 0 saturated heterocycles. The minimum Gasteiger partial charge on any atom is -0.488 e. The summed E-state index contributed by atoms with van der Waals surface area (Å²) in [5, 5.41) is 9.30. The monoisotopic (exact) mass is 226 g/mol. The largest absolute Gasteiger partial charge is 0.488 e. The molecule has 0 fully saturated rings. The number of benzene rings is 1. The van der Waals surface area contributed by atoms with E-state index in [1.54, 1.807) is 19.1 Å². The van der Waals surface area contributed by atoms with E-state index in [2.05, 4.69) is 6.92 Å². The number of aliphatic hydroxyl groups is 1. The molecule has 0 aliphatic heterocycles. The third-order valence-electron chi connectivity index (χ3n) is 2.46. The van der Waals surface area contributed by atoms with Crippen molar-refractivity contribution in [1.29, 1.82) is 0 Å². The fraction of sp³-hybridized carbons (Fsp3) is 0.538. The summed E-state index contributed by atoms with van der Waals surface area (Å²) >= 11 is 0. The lowest BCUT2D eigenvalue weighted by Crippen LogP contribution is -2.12. The standard InChI is InChI=1S/C13H19FO2/c1-4-5-9(2)16-13-7-6-11(10(3)15)8-12(13)14/h6-10,15H,4-5H2,1-3H3. The Balaban J connectivity index is 2.75. The van der Waals surface area contributed by atoms with E-state index in [-0.39, 0.29) is 11.9 Å². The Labute approximate surface area is 96.1 Å². The van der Waals surface area contributed by atoms with Crippen molar-refractivity contribution in [2.75, 3.05) is 0 Å². The highest BCUT2D eigenvalue weighted by atomic mass is 19.1. The van der Waals surface area contributed by atoms with Gasteiger partial charge in [-0.05, 0) is 38.0 Å². The Morgan fingerprint density at radius 2 is 2.06 bits per heavy atom. The van der Waals surface area contributed by atoms with E-state index in [9.17, 15) is 9.50 Å². The average molecular weight is 226 g/mol. The summed E-state index contributed by atoms with van der Waals surface area (Å²) in [6, 6.07) is 4.57. The van der Waals surface area contributed by atoms with Gasteiger partial charge >= 0.3 is 0 Å². The number of ether oxygens (including phenoxy) is 1. The second-order valence-corrected chi connectivity index (χ2v) is 4.08. The number of aliphatic hydroxyl groups excluding tert-OH is 1. The van der Waals surface area contributed by atoms with E-state index < -0.39 is 11.9 Å². The average Bonchev–Trinajstić information content (AvgIpc) is 2.21. The quantitative estimate of drug-likeness (QED) is 0.833. The van der Waals surface area contributed by atoms with Crippen LogP contribution in [0.1, 0.15) is 45.3 Å². The van der Waals surface area contributed by atoms with Gasteiger partial charge in [0.05, 0.1) is 12.2 Å². The van der Waals surface area contributed by atoms with Crippen LogP contribution in [0.15, 0.2) is 18.2 Å². The fourth-order valence-electron chi connectivity index (χ4n) is 1.55. The molecule has 1 aromatic carbocycles. The van der Waals surface area contributed by atoms with Crippen LogP contribution in [0, 0.1) is 5.82 Å². The van der Waals surface area contributed by atoms with Crippen molar-refractivity contribution >= 4 is 0 Å². The van der Waals surface area contributed by atoms with Gasteiger partial charge in [-0.3, -0.25) is 0 Å². The van der Waals surface area contributed by atoms with Crippen LogP contribution in [0.2, 0.25) is 0 Å². The van der Waals surface area contributed by atoms with Crippen molar-refractivity contribution in [3.05, 3.63) is 29.6 Å². The molecule has 0 aliphatic carbocycles. The van der Waals surface area contributed by atoms with Crippen molar-refractivity contribution in [3.8, 4) is 5.75 Å². The topological polar surface area (TPSA) is 29.5 Å². The zero-order valence-electron chi connectivity index (χ0n) is 10.0. The SMILES string of the molecule is CCCC(C)Oc1ccc(C(C)O)cc1F. The zero-order chi connectivity index (χ0) is 12.1. The molecule has 16 heavy (non-hydrogen) atoms. The Morgan fingerprint density at radius 1 is 1.38 bits per heavy atom. The summed E-state index contributed by atoms with van der Waals surface area (Å²) in [4.78, 5) is 0. The molecule has 0 amide bonds. The summed E-state index contributed by atoms with van der Waals surface area (Å²) in [5.74, 6) is -0.160. The van der Waals surface area contributed by atoms with Gasteiger partial charge < -0.3 is 9.84 Å². The zero-order valence-corrected chi connectivity index (χ0v) is 10.0. The molecule has 3 heteroatoms. The minimum atomic E-state index is -0.656. The molecule has 0 aliphatic rings. The molecule has 0 saturated carbocycles. The molecule has 1 aromatic rings. The summed E-state index contributed by atoms with van der Waals surface area (Å²) in [6.07, 6.45) is 1.26. The van der Waals surface area contributed by atoms with E-state index in [0.717, 1.165) is 12.8 Å². The molecule has 0 spiro atoms. The van der Waals surface area contributed by atoms with Gasteiger partial charge in [-0.1, -0.05) is 19.4 Å². The van der Waals surface area contributed by atoms with Gasteiger partial charge in [-0.15, -0.1) is 0 Å². The molecular weight excluding hydrogens is 207 g/mol. The number of rotatable bonds is 5. The Kier molecular flexibility index (Phi) is 4.74. The molecule has 0 radical (unpaired) electrons. The van der Waals surface area contributed by atoms with Crippen LogP contribution < -0.4 is 4.74 Å². The maximum Gasteiger partial charge on any atom is 0.165 e. The number of halogens is 1. The Hall–Kier alpha value is -1.09. The maximum atomic E-state index is 13.6. The normalized spacial score (nSPS) is 14.6. The minimum absolute atomic E-state index is 0.0110. The van der Waals surface area contributed by atoms with Crippen LogP contribution in [0.5, 0.6) is 5.75 Å². The smallest absolute Gasteiger partial charge is 0.165 e. The molecule has 2 atom stereocenters. The van der Waals surface area contributed by atoms with Crippen molar-refractivity contribution in [2.24, 2.45) is 0 Å². The number of hydrogen-bond acceptors (Lipinski definition) is 2. The van der Waals surface area contributed by atoms with Crippen LogP contribution >= 0.6 is 0 Å². The predicted octanol–water partition coefficient (Wildman–Crippen LogP) is 3.45. The van der Waals surface area contributed by atoms with Gasteiger partial charge in [0.1, 0.15) is 0 Å². The molecule has 1 N–H and O–H groups in total. The van der Waals surface area contributed by atoms with Crippen LogP contribution in [-0.4, -0.2) is 11.2 Å². The molecular formula is C13H19FO2. The molecule has 0 heterocycles. The maximum absolute atomic E-state index is 13.6. The van der Waals surface area contributed by atoms with Crippen molar-refractivity contribution in [2.45, 2.75) is 45.8 Å². The van der Waals surface area contributed by atoms with Gasteiger partial charge in [0.2, 0.25) is 0 Å². The van der Waals surface area contributed by atoms with E-state index in [0.29, 0.717) is 5.56 Å². The van der Waals surface area contributed by atoms with Crippen LogP contribution in [0.3, 0.4) is 0 Å². The molecule has 2 nitrogen and oxygen atoms in total. The molecule has 1 rings (SSSR count). The van der Waals surface area contributed by atoms with E-state index in [1.807, 2.05) is 6.92 Å². The Bertz CT molecular complexity index is 337. The third-order valence-corrected chi connectivity index (χ3v) is 2.46. The highest BCUT2D eigenvalue weighted by Gasteiger charge is 2.10. The van der Waals surface area contributed by atoms with Crippen LogP contribution in [0.25, 0.3) is 0 Å². The number of hydrogen-bond donors (Lipinski definition) is 1. The van der Waals surface area contributed by atoms with Gasteiger partial charge in [0, 0.05) is 0 Å². The third kappa shape index (κ3) is 3.49. The summed E-state index contributed by atoms with van der Waals surface area (Å²) in [5.41, 5.74) is 0.563. The second kappa shape index (κ2) is 5.85. The first-order chi connectivity index (χ1) is 7.54. The van der Waals surface area contributed by atoms with E-state index in [4.69, 9.17) is 4.74 Å². The van der Waals surface area contributed by atoms with Crippen molar-refractivity contribution in [3.63, 3.8) is 0 Å². The lowest BCUT2D eigenvalue weighted by atomic mass is 10.1. The highest BCUT2D eigenvalue weighted by Crippen LogP contribution is 2.23. The van der Waals surface area contributed by atoms with Crippen molar-refractivity contribution < 1.29 is 14.2 Å². The second-order valence-electron chi connectivity index (χ2n) is 4.08. The van der Waals surface area contributed by atoms with Crippen molar-refractivity contribution in [1.82, 2.24) is 0 Å². The molecule has 0 bridgehead atoms.